The Balaban J connectivity index is 2.39. The monoisotopic (exact) mass is 321 g/mol. The molecule has 7 heteroatoms. The number of hydrogen-bond donors (Lipinski definition) is 2. The second-order valence-corrected chi connectivity index (χ2v) is 4.60. The highest BCUT2D eigenvalue weighted by atomic mass is 16.4. The third-order valence-corrected chi connectivity index (χ3v) is 2.91. The van der Waals surface area contributed by atoms with Gasteiger partial charge in [-0.15, -0.1) is 0 Å². The molecule has 0 aromatic carbocycles. The van der Waals surface area contributed by atoms with E-state index < -0.39 is 17.5 Å². The number of aliphatic carboxylic acids is 2. The highest BCUT2D eigenvalue weighted by Crippen LogP contribution is 2.18. The van der Waals surface area contributed by atoms with Crippen molar-refractivity contribution in [1.82, 2.24) is 9.97 Å². The molecule has 0 amide bonds. The van der Waals surface area contributed by atoms with Crippen LogP contribution in [0.2, 0.25) is 0 Å². The summed E-state index contributed by atoms with van der Waals surface area (Å²) in [5, 5.41) is 26.3. The maximum absolute atomic E-state index is 10.9. The first-order chi connectivity index (χ1) is 11.5. The van der Waals surface area contributed by atoms with Crippen LogP contribution >= 0.6 is 0 Å². The zero-order valence-electron chi connectivity index (χ0n) is 12.2. The summed E-state index contributed by atoms with van der Waals surface area (Å²) >= 11 is 0. The van der Waals surface area contributed by atoms with Gasteiger partial charge >= 0.3 is 11.9 Å². The SMILES string of the molecule is N#C/C(=C/c1ccnc(-c2cc(/C=C/C(=O)O)ccn2)c1)C(=O)O. The van der Waals surface area contributed by atoms with Gasteiger partial charge in [0.05, 0.1) is 11.4 Å². The maximum Gasteiger partial charge on any atom is 0.346 e. The van der Waals surface area contributed by atoms with Gasteiger partial charge < -0.3 is 10.2 Å². The topological polar surface area (TPSA) is 124 Å². The molecule has 0 unspecified atom stereocenters. The molecule has 0 aliphatic rings. The predicted molar refractivity (Wildman–Crippen MR) is 85.4 cm³/mol. The minimum atomic E-state index is -1.31. The predicted octanol–water partition coefficient (Wildman–Crippen LogP) is 2.23. The number of nitriles is 1. The number of carboxylic acids is 2. The normalized spacial score (nSPS) is 11.2. The van der Waals surface area contributed by atoms with E-state index in [2.05, 4.69) is 9.97 Å². The highest BCUT2D eigenvalue weighted by molar-refractivity contribution is 5.96. The average molecular weight is 321 g/mol. The first kappa shape index (κ1) is 16.6. The van der Waals surface area contributed by atoms with Gasteiger partial charge in [0.15, 0.2) is 0 Å². The van der Waals surface area contributed by atoms with Gasteiger partial charge in [-0.25, -0.2) is 9.59 Å². The summed E-state index contributed by atoms with van der Waals surface area (Å²) < 4.78 is 0. The van der Waals surface area contributed by atoms with E-state index >= 15 is 0 Å². The number of pyridine rings is 2. The van der Waals surface area contributed by atoms with Crippen LogP contribution in [-0.2, 0) is 9.59 Å². The van der Waals surface area contributed by atoms with E-state index in [0.29, 0.717) is 22.5 Å². The molecule has 0 aliphatic carbocycles. The Labute approximate surface area is 136 Å². The third-order valence-electron chi connectivity index (χ3n) is 2.91. The van der Waals surface area contributed by atoms with E-state index in [-0.39, 0.29) is 0 Å². The molecule has 7 nitrogen and oxygen atoms in total. The lowest BCUT2D eigenvalue weighted by atomic mass is 10.1. The van der Waals surface area contributed by atoms with Crippen LogP contribution in [0.1, 0.15) is 11.1 Å². The summed E-state index contributed by atoms with van der Waals surface area (Å²) in [5.74, 6) is -2.37. The van der Waals surface area contributed by atoms with Crippen molar-refractivity contribution in [3.63, 3.8) is 0 Å². The molecule has 2 heterocycles. The number of rotatable bonds is 5. The summed E-state index contributed by atoms with van der Waals surface area (Å²) in [5.41, 5.74) is 1.70. The van der Waals surface area contributed by atoms with Crippen molar-refractivity contribution < 1.29 is 19.8 Å². The van der Waals surface area contributed by atoms with E-state index in [0.717, 1.165) is 6.08 Å². The number of aromatic nitrogens is 2. The average Bonchev–Trinajstić information content (AvgIpc) is 2.58. The van der Waals surface area contributed by atoms with Crippen molar-refractivity contribution in [3.8, 4) is 17.5 Å². The Kier molecular flexibility index (Phi) is 5.16. The van der Waals surface area contributed by atoms with Gasteiger partial charge in [0, 0.05) is 18.5 Å². The number of carbonyl (C=O) groups is 2. The van der Waals surface area contributed by atoms with Gasteiger partial charge in [-0.3, -0.25) is 9.97 Å². The summed E-state index contributed by atoms with van der Waals surface area (Å²) in [6.07, 6.45) is 6.66. The van der Waals surface area contributed by atoms with Gasteiger partial charge in [-0.05, 0) is 47.5 Å². The lowest BCUT2D eigenvalue weighted by Gasteiger charge is -2.03. The second kappa shape index (κ2) is 7.47. The van der Waals surface area contributed by atoms with E-state index in [1.165, 1.54) is 24.5 Å². The fourth-order valence-corrected chi connectivity index (χ4v) is 1.84. The smallest absolute Gasteiger partial charge is 0.346 e. The van der Waals surface area contributed by atoms with Crippen molar-refractivity contribution in [1.29, 1.82) is 5.26 Å². The minimum absolute atomic E-state index is 0.391. The van der Waals surface area contributed by atoms with E-state index in [4.69, 9.17) is 15.5 Å². The molecule has 0 saturated heterocycles. The fraction of sp³-hybridized carbons (Fsp3) is 0. The van der Waals surface area contributed by atoms with Gasteiger partial charge in [0.2, 0.25) is 0 Å². The van der Waals surface area contributed by atoms with Crippen molar-refractivity contribution in [2.75, 3.05) is 0 Å². The van der Waals surface area contributed by atoms with Crippen molar-refractivity contribution in [3.05, 3.63) is 59.4 Å². The molecule has 2 aromatic heterocycles. The van der Waals surface area contributed by atoms with Crippen LogP contribution in [0.3, 0.4) is 0 Å². The first-order valence-electron chi connectivity index (χ1n) is 6.68. The standard InChI is InChI=1S/C17H11N3O4/c18-10-13(17(23)24)7-12-4-6-20-15(9-12)14-8-11(3-5-19-14)1-2-16(21)22/h1-9H,(H,21,22)(H,23,24)/b2-1+,13-7-. The Morgan fingerprint density at radius 1 is 1.04 bits per heavy atom. The second-order valence-electron chi connectivity index (χ2n) is 4.60. The largest absolute Gasteiger partial charge is 0.478 e. The van der Waals surface area contributed by atoms with E-state index in [1.807, 2.05) is 0 Å². The van der Waals surface area contributed by atoms with Gasteiger partial charge in [-0.1, -0.05) is 0 Å². The van der Waals surface area contributed by atoms with Crippen LogP contribution in [0.5, 0.6) is 0 Å². The van der Waals surface area contributed by atoms with Gasteiger partial charge in [-0.2, -0.15) is 5.26 Å². The highest BCUT2D eigenvalue weighted by Gasteiger charge is 2.07. The van der Waals surface area contributed by atoms with Crippen LogP contribution in [0.4, 0.5) is 0 Å². The lowest BCUT2D eigenvalue weighted by Crippen LogP contribution is -1.97. The zero-order chi connectivity index (χ0) is 17.5. The number of carboxylic acid groups (broad SMARTS) is 2. The van der Waals surface area contributed by atoms with Crippen LogP contribution in [0.25, 0.3) is 23.5 Å². The number of hydrogen-bond acceptors (Lipinski definition) is 5. The fourth-order valence-electron chi connectivity index (χ4n) is 1.84. The molecular weight excluding hydrogens is 310 g/mol. The molecule has 118 valence electrons. The molecule has 0 aliphatic heterocycles. The summed E-state index contributed by atoms with van der Waals surface area (Å²) in [6, 6.07) is 8.06. The molecule has 0 saturated carbocycles. The van der Waals surface area contributed by atoms with Crippen LogP contribution < -0.4 is 0 Å². The molecular formula is C17H11N3O4. The summed E-state index contributed by atoms with van der Waals surface area (Å²) in [6.45, 7) is 0. The first-order valence-corrected chi connectivity index (χ1v) is 6.68. The summed E-state index contributed by atoms with van der Waals surface area (Å²) in [4.78, 5) is 29.8. The maximum atomic E-state index is 10.9. The zero-order valence-corrected chi connectivity index (χ0v) is 12.2. The lowest BCUT2D eigenvalue weighted by molar-refractivity contribution is -0.132. The molecule has 0 bridgehead atoms. The molecule has 2 N–H and O–H groups in total. The Hall–Kier alpha value is -3.79. The molecule has 0 radical (unpaired) electrons. The van der Waals surface area contributed by atoms with Crippen LogP contribution in [0, 0.1) is 11.3 Å². The van der Waals surface area contributed by atoms with Gasteiger partial charge in [0.1, 0.15) is 11.6 Å². The molecule has 2 rings (SSSR count). The Morgan fingerprint density at radius 2 is 1.62 bits per heavy atom. The number of nitrogens with zero attached hydrogens (tertiary/aromatic N) is 3. The minimum Gasteiger partial charge on any atom is -0.478 e. The molecule has 2 aromatic rings. The van der Waals surface area contributed by atoms with Crippen molar-refractivity contribution in [2.24, 2.45) is 0 Å². The van der Waals surface area contributed by atoms with E-state index in [1.54, 1.807) is 30.3 Å². The molecule has 0 atom stereocenters. The molecule has 24 heavy (non-hydrogen) atoms. The van der Waals surface area contributed by atoms with E-state index in [9.17, 15) is 9.59 Å². The van der Waals surface area contributed by atoms with Gasteiger partial charge in [0.25, 0.3) is 0 Å². The van der Waals surface area contributed by atoms with Crippen LogP contribution in [0.15, 0.2) is 48.3 Å². The van der Waals surface area contributed by atoms with Crippen molar-refractivity contribution in [2.45, 2.75) is 0 Å². The van der Waals surface area contributed by atoms with Crippen LogP contribution in [-0.4, -0.2) is 32.1 Å². The Bertz CT molecular complexity index is 895. The molecule has 0 fully saturated rings. The molecule has 0 spiro atoms. The third kappa shape index (κ3) is 4.35. The van der Waals surface area contributed by atoms with Crippen molar-refractivity contribution >= 4 is 24.1 Å². The Morgan fingerprint density at radius 3 is 2.17 bits per heavy atom. The quantitative estimate of drug-likeness (QED) is 0.639. The summed E-state index contributed by atoms with van der Waals surface area (Å²) in [7, 11) is 0.